The zero-order valence-electron chi connectivity index (χ0n) is 17.9. The quantitative estimate of drug-likeness (QED) is 0.593. The topological polar surface area (TPSA) is 75.7 Å². The normalized spacial score (nSPS) is 13.0. The molecule has 0 spiro atoms. The van der Waals surface area contributed by atoms with Crippen molar-refractivity contribution in [1.82, 2.24) is 0 Å². The predicted octanol–water partition coefficient (Wildman–Crippen LogP) is 4.70. The number of nitrogens with zero attached hydrogens (tertiary/aromatic N) is 1. The van der Waals surface area contributed by atoms with Crippen molar-refractivity contribution >= 4 is 33.4 Å². The highest BCUT2D eigenvalue weighted by molar-refractivity contribution is 7.96. The lowest BCUT2D eigenvalue weighted by Gasteiger charge is -2.25. The monoisotopic (exact) mass is 448 g/mol. The summed E-state index contributed by atoms with van der Waals surface area (Å²) in [6.07, 6.45) is 2.81. The highest BCUT2D eigenvalue weighted by Crippen LogP contribution is 2.32. The average molecular weight is 449 g/mol. The molecule has 164 valence electrons. The van der Waals surface area contributed by atoms with Crippen LogP contribution in [0.15, 0.2) is 77.7 Å². The molecule has 1 aliphatic rings. The number of hydrogen-bond acceptors (Lipinski definition) is 4. The minimum absolute atomic E-state index is 0.270. The summed E-state index contributed by atoms with van der Waals surface area (Å²) in [7, 11) is -0.746. The second-order valence-electron chi connectivity index (χ2n) is 7.48. The fourth-order valence-corrected chi connectivity index (χ4v) is 5.13. The van der Waals surface area contributed by atoms with Crippen molar-refractivity contribution in [1.29, 1.82) is 0 Å². The first-order chi connectivity index (χ1) is 15.4. The molecule has 3 aromatic rings. The van der Waals surface area contributed by atoms with Crippen molar-refractivity contribution in [2.75, 3.05) is 23.8 Å². The minimum atomic E-state index is -3.80. The van der Waals surface area contributed by atoms with E-state index in [1.807, 2.05) is 24.3 Å². The van der Waals surface area contributed by atoms with Gasteiger partial charge in [0.1, 0.15) is 5.75 Å². The number of allylic oxidation sites excluding steroid dienone is 1. The molecule has 0 bridgehead atoms. The summed E-state index contributed by atoms with van der Waals surface area (Å²) in [6, 6.07) is 21.4. The van der Waals surface area contributed by atoms with Crippen LogP contribution in [-0.4, -0.2) is 28.5 Å². The lowest BCUT2D eigenvalue weighted by molar-refractivity contribution is 0.102. The van der Waals surface area contributed by atoms with E-state index < -0.39 is 15.9 Å². The summed E-state index contributed by atoms with van der Waals surface area (Å²) in [5.74, 6) is 0.285. The summed E-state index contributed by atoms with van der Waals surface area (Å²) < 4.78 is 33.1. The van der Waals surface area contributed by atoms with Gasteiger partial charge >= 0.3 is 0 Å². The minimum Gasteiger partial charge on any atom is -0.497 e. The molecule has 0 aliphatic heterocycles. The molecule has 7 heteroatoms. The standard InChI is InChI=1S/C25H24N2O4S/c1-27(32(29,30)22-16-11-18-7-3-4-8-19(18)17-22)24-10-6-5-9-23(24)25(28)26-20-12-14-21(31-2)15-13-20/h3-10,12-15,17H,11,16H2,1-2H3,(H,26,28). The number of amides is 1. The number of sulfonamides is 1. The Morgan fingerprint density at radius 1 is 0.938 bits per heavy atom. The molecular formula is C25H24N2O4S. The molecule has 4 rings (SSSR count). The summed E-state index contributed by atoms with van der Waals surface area (Å²) >= 11 is 0. The molecule has 6 nitrogen and oxygen atoms in total. The van der Waals surface area contributed by atoms with Crippen molar-refractivity contribution in [2.24, 2.45) is 0 Å². The van der Waals surface area contributed by atoms with Crippen LogP contribution in [0.5, 0.6) is 5.75 Å². The highest BCUT2D eigenvalue weighted by atomic mass is 32.2. The van der Waals surface area contributed by atoms with Crippen LogP contribution in [0.3, 0.4) is 0 Å². The lowest BCUT2D eigenvalue weighted by Crippen LogP contribution is -2.30. The Balaban J connectivity index is 1.62. The van der Waals surface area contributed by atoms with E-state index in [1.54, 1.807) is 61.7 Å². The van der Waals surface area contributed by atoms with E-state index in [-0.39, 0.29) is 5.56 Å². The van der Waals surface area contributed by atoms with Crippen LogP contribution in [-0.2, 0) is 16.4 Å². The molecule has 1 N–H and O–H groups in total. The molecule has 0 saturated heterocycles. The first-order valence-electron chi connectivity index (χ1n) is 10.2. The number of para-hydroxylation sites is 1. The van der Waals surface area contributed by atoms with Crippen molar-refractivity contribution in [3.8, 4) is 5.75 Å². The number of benzene rings is 3. The Kier molecular flexibility index (Phi) is 6.01. The molecule has 3 aromatic carbocycles. The van der Waals surface area contributed by atoms with Gasteiger partial charge in [-0.1, -0.05) is 36.4 Å². The van der Waals surface area contributed by atoms with Crippen LogP contribution in [0.4, 0.5) is 11.4 Å². The Morgan fingerprint density at radius 2 is 1.62 bits per heavy atom. The van der Waals surface area contributed by atoms with Crippen LogP contribution in [0.25, 0.3) is 6.08 Å². The predicted molar refractivity (Wildman–Crippen MR) is 127 cm³/mol. The van der Waals surface area contributed by atoms with Gasteiger partial charge in [-0.05, 0) is 66.4 Å². The Hall–Kier alpha value is -3.58. The Bertz CT molecular complexity index is 1280. The van der Waals surface area contributed by atoms with Gasteiger partial charge in [0.2, 0.25) is 0 Å². The van der Waals surface area contributed by atoms with Gasteiger partial charge in [-0.25, -0.2) is 8.42 Å². The van der Waals surface area contributed by atoms with E-state index in [1.165, 1.54) is 11.4 Å². The average Bonchev–Trinajstić information content (AvgIpc) is 2.83. The van der Waals surface area contributed by atoms with E-state index in [0.717, 1.165) is 11.1 Å². The van der Waals surface area contributed by atoms with Crippen LogP contribution in [0, 0.1) is 0 Å². The second-order valence-corrected chi connectivity index (χ2v) is 9.50. The molecule has 0 heterocycles. The fourth-order valence-electron chi connectivity index (χ4n) is 3.73. The fraction of sp³-hybridized carbons (Fsp3) is 0.160. The van der Waals surface area contributed by atoms with Gasteiger partial charge in [-0.3, -0.25) is 9.10 Å². The molecule has 0 aromatic heterocycles. The number of methoxy groups -OCH3 is 1. The maximum absolute atomic E-state index is 13.4. The number of anilines is 2. The lowest BCUT2D eigenvalue weighted by atomic mass is 9.98. The van der Waals surface area contributed by atoms with Gasteiger partial charge in [-0.2, -0.15) is 0 Å². The molecule has 32 heavy (non-hydrogen) atoms. The number of ether oxygens (including phenoxy) is 1. The Morgan fingerprint density at radius 3 is 2.38 bits per heavy atom. The van der Waals surface area contributed by atoms with Crippen LogP contribution in [0.1, 0.15) is 27.9 Å². The van der Waals surface area contributed by atoms with Gasteiger partial charge < -0.3 is 10.1 Å². The third kappa shape index (κ3) is 4.24. The van der Waals surface area contributed by atoms with E-state index >= 15 is 0 Å². The van der Waals surface area contributed by atoms with Gasteiger partial charge in [0.25, 0.3) is 15.9 Å². The number of fused-ring (bicyclic) bond motifs is 1. The number of carbonyl (C=O) groups excluding carboxylic acids is 1. The summed E-state index contributed by atoms with van der Waals surface area (Å²) in [4.78, 5) is 13.3. The summed E-state index contributed by atoms with van der Waals surface area (Å²) in [5.41, 5.74) is 3.22. The SMILES string of the molecule is COc1ccc(NC(=O)c2ccccc2N(C)S(=O)(=O)C2=Cc3ccccc3CC2)cc1. The van der Waals surface area contributed by atoms with E-state index in [4.69, 9.17) is 4.74 Å². The molecule has 0 fully saturated rings. The zero-order chi connectivity index (χ0) is 22.7. The zero-order valence-corrected chi connectivity index (χ0v) is 18.7. The van der Waals surface area contributed by atoms with E-state index in [9.17, 15) is 13.2 Å². The van der Waals surface area contributed by atoms with Gasteiger partial charge in [0.15, 0.2) is 0 Å². The smallest absolute Gasteiger partial charge is 0.260 e. The van der Waals surface area contributed by atoms with Crippen molar-refractivity contribution in [3.05, 3.63) is 94.4 Å². The first kappa shape index (κ1) is 21.6. The Labute approximate surface area is 188 Å². The molecule has 0 unspecified atom stereocenters. The van der Waals surface area contributed by atoms with Crippen LogP contribution >= 0.6 is 0 Å². The van der Waals surface area contributed by atoms with Crippen LogP contribution in [0.2, 0.25) is 0 Å². The number of carbonyl (C=O) groups is 1. The molecular weight excluding hydrogens is 424 g/mol. The van der Waals surface area contributed by atoms with Gasteiger partial charge in [0.05, 0.1) is 23.3 Å². The number of rotatable bonds is 6. The molecule has 1 amide bonds. The largest absolute Gasteiger partial charge is 0.497 e. The molecule has 0 saturated carbocycles. The first-order valence-corrected chi connectivity index (χ1v) is 11.7. The third-order valence-corrected chi connectivity index (χ3v) is 7.44. The van der Waals surface area contributed by atoms with Crippen molar-refractivity contribution in [3.63, 3.8) is 0 Å². The summed E-state index contributed by atoms with van der Waals surface area (Å²) in [6.45, 7) is 0. The van der Waals surface area contributed by atoms with Crippen molar-refractivity contribution in [2.45, 2.75) is 12.8 Å². The van der Waals surface area contributed by atoms with Gasteiger partial charge in [-0.15, -0.1) is 0 Å². The van der Waals surface area contributed by atoms with Crippen molar-refractivity contribution < 1.29 is 17.9 Å². The molecule has 1 aliphatic carbocycles. The second kappa shape index (κ2) is 8.88. The molecule has 0 atom stereocenters. The number of hydrogen-bond donors (Lipinski definition) is 1. The maximum atomic E-state index is 13.4. The van der Waals surface area contributed by atoms with Gasteiger partial charge in [0, 0.05) is 12.7 Å². The number of aryl methyl sites for hydroxylation is 1. The third-order valence-electron chi connectivity index (χ3n) is 5.54. The van der Waals surface area contributed by atoms with E-state index in [2.05, 4.69) is 5.32 Å². The number of nitrogens with one attached hydrogen (secondary N) is 1. The highest BCUT2D eigenvalue weighted by Gasteiger charge is 2.28. The summed E-state index contributed by atoms with van der Waals surface area (Å²) in [5, 5.41) is 2.82. The van der Waals surface area contributed by atoms with Crippen LogP contribution < -0.4 is 14.4 Å². The van der Waals surface area contributed by atoms with E-state index in [0.29, 0.717) is 34.9 Å². The maximum Gasteiger partial charge on any atom is 0.260 e. The molecule has 0 radical (unpaired) electrons.